The van der Waals surface area contributed by atoms with Crippen LogP contribution in [0, 0.1) is 5.82 Å². The van der Waals surface area contributed by atoms with Gasteiger partial charge in [0.15, 0.2) is 0 Å². The zero-order chi connectivity index (χ0) is 10.6. The molecule has 0 saturated carbocycles. The second kappa shape index (κ2) is 5.47. The molecule has 0 aliphatic carbocycles. The molecule has 0 amide bonds. The fraction of sp³-hybridized carbons (Fsp3) is 0.455. The summed E-state index contributed by atoms with van der Waals surface area (Å²) in [5.41, 5.74) is 1.16. The Bertz CT molecular complexity index is 301. The second-order valence-electron chi connectivity index (χ2n) is 3.46. The standard InChI is InChI=1S/C11H15BrFN/c1-8(14-2)3-4-9-5-6-10(13)7-11(9)12/h5-8,14H,3-4H2,1-2H3. The summed E-state index contributed by atoms with van der Waals surface area (Å²) in [6.45, 7) is 2.14. The first-order valence-electron chi connectivity index (χ1n) is 4.74. The molecule has 1 aromatic carbocycles. The van der Waals surface area contributed by atoms with E-state index < -0.39 is 0 Å². The molecular formula is C11H15BrFN. The first-order chi connectivity index (χ1) is 6.63. The Morgan fingerprint density at radius 2 is 2.21 bits per heavy atom. The van der Waals surface area contributed by atoms with E-state index in [1.807, 2.05) is 13.1 Å². The number of nitrogens with one attached hydrogen (secondary N) is 1. The largest absolute Gasteiger partial charge is 0.317 e. The van der Waals surface area contributed by atoms with Gasteiger partial charge in [0.05, 0.1) is 0 Å². The van der Waals surface area contributed by atoms with Gasteiger partial charge in [-0.15, -0.1) is 0 Å². The highest BCUT2D eigenvalue weighted by molar-refractivity contribution is 9.10. The fourth-order valence-electron chi connectivity index (χ4n) is 1.24. The maximum Gasteiger partial charge on any atom is 0.124 e. The van der Waals surface area contributed by atoms with Crippen molar-refractivity contribution >= 4 is 15.9 Å². The number of aryl methyl sites for hydroxylation is 1. The summed E-state index contributed by atoms with van der Waals surface area (Å²) in [5, 5.41) is 3.18. The van der Waals surface area contributed by atoms with Crippen molar-refractivity contribution in [3.63, 3.8) is 0 Å². The molecule has 0 bridgehead atoms. The van der Waals surface area contributed by atoms with Crippen molar-refractivity contribution < 1.29 is 4.39 Å². The zero-order valence-corrected chi connectivity index (χ0v) is 10.1. The van der Waals surface area contributed by atoms with Crippen molar-refractivity contribution in [3.05, 3.63) is 34.1 Å². The minimum atomic E-state index is -0.192. The van der Waals surface area contributed by atoms with Gasteiger partial charge in [0.25, 0.3) is 0 Å². The van der Waals surface area contributed by atoms with Crippen LogP contribution in [-0.2, 0) is 6.42 Å². The van der Waals surface area contributed by atoms with Crippen LogP contribution in [0.1, 0.15) is 18.9 Å². The van der Waals surface area contributed by atoms with Crippen LogP contribution in [0.2, 0.25) is 0 Å². The molecule has 1 nitrogen and oxygen atoms in total. The van der Waals surface area contributed by atoms with Crippen molar-refractivity contribution in [3.8, 4) is 0 Å². The summed E-state index contributed by atoms with van der Waals surface area (Å²) in [4.78, 5) is 0. The summed E-state index contributed by atoms with van der Waals surface area (Å²) in [7, 11) is 1.95. The molecule has 1 N–H and O–H groups in total. The Hall–Kier alpha value is -0.410. The normalized spacial score (nSPS) is 12.9. The summed E-state index contributed by atoms with van der Waals surface area (Å²) in [6.07, 6.45) is 2.02. The maximum absolute atomic E-state index is 12.8. The third kappa shape index (κ3) is 3.39. The Morgan fingerprint density at radius 1 is 1.50 bits per heavy atom. The first-order valence-corrected chi connectivity index (χ1v) is 5.54. The van der Waals surface area contributed by atoms with Crippen LogP contribution in [0.25, 0.3) is 0 Å². The lowest BCUT2D eigenvalue weighted by atomic mass is 10.1. The van der Waals surface area contributed by atoms with Gasteiger partial charge in [-0.25, -0.2) is 4.39 Å². The van der Waals surface area contributed by atoms with Crippen molar-refractivity contribution in [2.45, 2.75) is 25.8 Å². The number of hydrogen-bond donors (Lipinski definition) is 1. The van der Waals surface area contributed by atoms with Gasteiger partial charge in [-0.1, -0.05) is 22.0 Å². The first kappa shape index (κ1) is 11.7. The van der Waals surface area contributed by atoms with Crippen LogP contribution < -0.4 is 5.32 Å². The van der Waals surface area contributed by atoms with Crippen molar-refractivity contribution in [2.75, 3.05) is 7.05 Å². The topological polar surface area (TPSA) is 12.0 Å². The van der Waals surface area contributed by atoms with E-state index in [4.69, 9.17) is 0 Å². The Labute approximate surface area is 92.8 Å². The number of benzene rings is 1. The quantitative estimate of drug-likeness (QED) is 0.877. The molecule has 0 radical (unpaired) electrons. The van der Waals surface area contributed by atoms with E-state index >= 15 is 0 Å². The van der Waals surface area contributed by atoms with E-state index in [1.54, 1.807) is 0 Å². The molecule has 1 unspecified atom stereocenters. The van der Waals surface area contributed by atoms with E-state index in [1.165, 1.54) is 12.1 Å². The summed E-state index contributed by atoms with van der Waals surface area (Å²) in [6, 6.07) is 5.35. The average molecular weight is 260 g/mol. The fourth-order valence-corrected chi connectivity index (χ4v) is 1.79. The molecule has 0 aliphatic rings. The average Bonchev–Trinajstić information content (AvgIpc) is 2.16. The molecule has 1 atom stereocenters. The highest BCUT2D eigenvalue weighted by atomic mass is 79.9. The summed E-state index contributed by atoms with van der Waals surface area (Å²) >= 11 is 3.36. The minimum Gasteiger partial charge on any atom is -0.317 e. The van der Waals surface area contributed by atoms with E-state index in [2.05, 4.69) is 28.2 Å². The highest BCUT2D eigenvalue weighted by Gasteiger charge is 2.03. The van der Waals surface area contributed by atoms with E-state index in [0.717, 1.165) is 22.9 Å². The maximum atomic E-state index is 12.8. The van der Waals surface area contributed by atoms with Gasteiger partial charge < -0.3 is 5.32 Å². The van der Waals surface area contributed by atoms with Gasteiger partial charge in [0.1, 0.15) is 5.82 Å². The molecule has 0 aliphatic heterocycles. The molecule has 14 heavy (non-hydrogen) atoms. The number of hydrogen-bond acceptors (Lipinski definition) is 1. The van der Waals surface area contributed by atoms with Crippen molar-refractivity contribution in [2.24, 2.45) is 0 Å². The third-order valence-electron chi connectivity index (χ3n) is 2.35. The van der Waals surface area contributed by atoms with Crippen LogP contribution in [0.3, 0.4) is 0 Å². The SMILES string of the molecule is CNC(C)CCc1ccc(F)cc1Br. The van der Waals surface area contributed by atoms with Gasteiger partial charge in [0.2, 0.25) is 0 Å². The van der Waals surface area contributed by atoms with E-state index in [9.17, 15) is 4.39 Å². The van der Waals surface area contributed by atoms with Crippen LogP contribution in [-0.4, -0.2) is 13.1 Å². The van der Waals surface area contributed by atoms with E-state index in [0.29, 0.717) is 6.04 Å². The predicted molar refractivity (Wildman–Crippen MR) is 60.9 cm³/mol. The van der Waals surface area contributed by atoms with Crippen LogP contribution >= 0.6 is 15.9 Å². The lowest BCUT2D eigenvalue weighted by Crippen LogP contribution is -2.21. The Morgan fingerprint density at radius 3 is 2.79 bits per heavy atom. The monoisotopic (exact) mass is 259 g/mol. The molecule has 1 aromatic rings. The van der Waals surface area contributed by atoms with Gasteiger partial charge in [0, 0.05) is 10.5 Å². The lowest BCUT2D eigenvalue weighted by molar-refractivity contribution is 0.563. The molecule has 0 aromatic heterocycles. The van der Waals surface area contributed by atoms with Gasteiger partial charge in [-0.3, -0.25) is 0 Å². The molecule has 3 heteroatoms. The minimum absolute atomic E-state index is 0.192. The van der Waals surface area contributed by atoms with Gasteiger partial charge >= 0.3 is 0 Å². The molecule has 0 saturated heterocycles. The third-order valence-corrected chi connectivity index (χ3v) is 3.09. The predicted octanol–water partition coefficient (Wildman–Crippen LogP) is 3.13. The number of rotatable bonds is 4. The van der Waals surface area contributed by atoms with Crippen molar-refractivity contribution in [1.82, 2.24) is 5.32 Å². The highest BCUT2D eigenvalue weighted by Crippen LogP contribution is 2.19. The molecular weight excluding hydrogens is 245 g/mol. The molecule has 1 rings (SSSR count). The smallest absolute Gasteiger partial charge is 0.124 e. The lowest BCUT2D eigenvalue weighted by Gasteiger charge is -2.10. The van der Waals surface area contributed by atoms with Crippen LogP contribution in [0.4, 0.5) is 4.39 Å². The molecule has 0 spiro atoms. The summed E-state index contributed by atoms with van der Waals surface area (Å²) < 4.78 is 13.6. The zero-order valence-electron chi connectivity index (χ0n) is 8.48. The molecule has 0 fully saturated rings. The number of halogens is 2. The van der Waals surface area contributed by atoms with Crippen molar-refractivity contribution in [1.29, 1.82) is 0 Å². The Kier molecular flexibility index (Phi) is 4.55. The Balaban J connectivity index is 2.59. The second-order valence-corrected chi connectivity index (χ2v) is 4.32. The summed E-state index contributed by atoms with van der Waals surface area (Å²) in [5.74, 6) is -0.192. The van der Waals surface area contributed by atoms with Gasteiger partial charge in [-0.05, 0) is 44.5 Å². The van der Waals surface area contributed by atoms with Crippen LogP contribution in [0.5, 0.6) is 0 Å². The van der Waals surface area contributed by atoms with E-state index in [-0.39, 0.29) is 5.82 Å². The van der Waals surface area contributed by atoms with Gasteiger partial charge in [-0.2, -0.15) is 0 Å². The van der Waals surface area contributed by atoms with Crippen LogP contribution in [0.15, 0.2) is 22.7 Å². The molecule has 0 heterocycles. The molecule has 78 valence electrons.